The first kappa shape index (κ1) is 14.8. The Morgan fingerprint density at radius 3 is 2.61 bits per heavy atom. The van der Waals surface area contributed by atoms with Gasteiger partial charge in [-0.15, -0.1) is 6.42 Å². The molecule has 0 spiro atoms. The first-order chi connectivity index (χ1) is 8.47. The van der Waals surface area contributed by atoms with Gasteiger partial charge in [0, 0.05) is 18.6 Å². The van der Waals surface area contributed by atoms with Crippen molar-refractivity contribution in [2.75, 3.05) is 19.8 Å². The third-order valence-electron chi connectivity index (χ3n) is 2.96. The van der Waals surface area contributed by atoms with E-state index < -0.39 is 6.09 Å². The first-order valence-electron chi connectivity index (χ1n) is 6.26. The first-order valence-corrected chi connectivity index (χ1v) is 6.26. The SMILES string of the molecule is C#CCN1N(C(=O)OCC)C(OCC)CC1(C)C. The van der Waals surface area contributed by atoms with Crippen LogP contribution in [-0.2, 0) is 9.47 Å². The van der Waals surface area contributed by atoms with E-state index in [2.05, 4.69) is 5.92 Å². The van der Waals surface area contributed by atoms with Crippen LogP contribution in [0.4, 0.5) is 4.79 Å². The largest absolute Gasteiger partial charge is 0.449 e. The molecular formula is C13H22N2O3. The predicted molar refractivity (Wildman–Crippen MR) is 68.5 cm³/mol. The van der Waals surface area contributed by atoms with E-state index in [1.54, 1.807) is 6.92 Å². The van der Waals surface area contributed by atoms with Crippen molar-refractivity contribution < 1.29 is 14.3 Å². The Labute approximate surface area is 109 Å². The Balaban J connectivity index is 2.95. The van der Waals surface area contributed by atoms with E-state index in [1.807, 2.05) is 25.8 Å². The molecule has 102 valence electrons. The molecule has 1 amide bonds. The fourth-order valence-electron chi connectivity index (χ4n) is 2.17. The molecule has 5 heteroatoms. The lowest BCUT2D eigenvalue weighted by Gasteiger charge is -2.35. The van der Waals surface area contributed by atoms with Crippen molar-refractivity contribution in [1.82, 2.24) is 10.0 Å². The molecule has 0 aromatic carbocycles. The van der Waals surface area contributed by atoms with Crippen LogP contribution in [0.2, 0.25) is 0 Å². The zero-order valence-electron chi connectivity index (χ0n) is 11.6. The van der Waals surface area contributed by atoms with Gasteiger partial charge in [-0.1, -0.05) is 5.92 Å². The highest BCUT2D eigenvalue weighted by Crippen LogP contribution is 2.34. The molecule has 1 unspecified atom stereocenters. The molecule has 0 radical (unpaired) electrons. The van der Waals surface area contributed by atoms with Crippen LogP contribution >= 0.6 is 0 Å². The normalized spacial score (nSPS) is 22.8. The van der Waals surface area contributed by atoms with Crippen LogP contribution in [0.3, 0.4) is 0 Å². The Hall–Kier alpha value is -1.25. The molecule has 0 N–H and O–H groups in total. The maximum atomic E-state index is 12.0. The summed E-state index contributed by atoms with van der Waals surface area (Å²) in [6, 6.07) is 0. The molecule has 1 atom stereocenters. The summed E-state index contributed by atoms with van der Waals surface area (Å²) in [5.41, 5.74) is -0.223. The van der Waals surface area contributed by atoms with Gasteiger partial charge >= 0.3 is 6.09 Å². The number of hydrogen-bond acceptors (Lipinski definition) is 4. The molecule has 0 bridgehead atoms. The van der Waals surface area contributed by atoms with Gasteiger partial charge in [0.05, 0.1) is 13.2 Å². The van der Waals surface area contributed by atoms with Gasteiger partial charge in [0.2, 0.25) is 0 Å². The minimum atomic E-state index is -0.406. The predicted octanol–water partition coefficient (Wildman–Crippen LogP) is 1.84. The van der Waals surface area contributed by atoms with Crippen molar-refractivity contribution in [3.8, 4) is 12.3 Å². The van der Waals surface area contributed by atoms with E-state index in [1.165, 1.54) is 5.01 Å². The number of hydrazine groups is 1. The van der Waals surface area contributed by atoms with E-state index in [4.69, 9.17) is 15.9 Å². The molecule has 5 nitrogen and oxygen atoms in total. The summed E-state index contributed by atoms with van der Waals surface area (Å²) in [7, 11) is 0. The number of ether oxygens (including phenoxy) is 2. The highest BCUT2D eigenvalue weighted by atomic mass is 16.6. The minimum Gasteiger partial charge on any atom is -0.449 e. The summed E-state index contributed by atoms with van der Waals surface area (Å²) >= 11 is 0. The zero-order valence-corrected chi connectivity index (χ0v) is 11.6. The molecule has 0 aromatic rings. The van der Waals surface area contributed by atoms with E-state index in [0.29, 0.717) is 26.2 Å². The highest BCUT2D eigenvalue weighted by molar-refractivity contribution is 5.67. The molecule has 1 fully saturated rings. The summed E-state index contributed by atoms with van der Waals surface area (Å²) in [5.74, 6) is 2.58. The Morgan fingerprint density at radius 2 is 2.11 bits per heavy atom. The van der Waals surface area contributed by atoms with Gasteiger partial charge in [-0.2, -0.15) is 5.01 Å². The van der Waals surface area contributed by atoms with Crippen LogP contribution in [-0.4, -0.2) is 47.6 Å². The molecule has 1 heterocycles. The Morgan fingerprint density at radius 1 is 1.44 bits per heavy atom. The molecule has 0 saturated carbocycles. The fraction of sp³-hybridized carbons (Fsp3) is 0.769. The zero-order chi connectivity index (χ0) is 13.8. The lowest BCUT2D eigenvalue weighted by atomic mass is 10.0. The van der Waals surface area contributed by atoms with Crippen LogP contribution in [0.25, 0.3) is 0 Å². The number of terminal acetylenes is 1. The van der Waals surface area contributed by atoms with Gasteiger partial charge in [0.1, 0.15) is 0 Å². The standard InChI is InChI=1S/C13H22N2O3/c1-6-9-14-13(4,5)10-11(17-7-2)15(14)12(16)18-8-3/h1,11H,7-10H2,2-5H3. The summed E-state index contributed by atoms with van der Waals surface area (Å²) in [4.78, 5) is 12.0. The highest BCUT2D eigenvalue weighted by Gasteiger charge is 2.48. The second-order valence-electron chi connectivity index (χ2n) is 4.73. The van der Waals surface area contributed by atoms with Crippen LogP contribution in [0.1, 0.15) is 34.1 Å². The molecule has 1 aliphatic rings. The maximum absolute atomic E-state index is 12.0. The van der Waals surface area contributed by atoms with E-state index >= 15 is 0 Å². The van der Waals surface area contributed by atoms with Crippen LogP contribution in [0.15, 0.2) is 0 Å². The lowest BCUT2D eigenvalue weighted by Crippen LogP contribution is -2.51. The average Bonchev–Trinajstić information content (AvgIpc) is 2.52. The number of nitrogens with zero attached hydrogens (tertiary/aromatic N) is 2. The summed E-state index contributed by atoms with van der Waals surface area (Å²) in [6.07, 6.45) is 5.37. The third-order valence-corrected chi connectivity index (χ3v) is 2.96. The second-order valence-corrected chi connectivity index (χ2v) is 4.73. The monoisotopic (exact) mass is 254 g/mol. The molecule has 1 saturated heterocycles. The van der Waals surface area contributed by atoms with Gasteiger partial charge in [-0.05, 0) is 27.7 Å². The molecule has 0 aliphatic carbocycles. The molecule has 1 rings (SSSR count). The number of carbonyl (C=O) groups excluding carboxylic acids is 1. The van der Waals surface area contributed by atoms with E-state index in [0.717, 1.165) is 0 Å². The second kappa shape index (κ2) is 6.07. The van der Waals surface area contributed by atoms with E-state index in [9.17, 15) is 4.79 Å². The Kier molecular flexibility index (Phi) is 5.00. The van der Waals surface area contributed by atoms with Gasteiger partial charge in [0.25, 0.3) is 0 Å². The number of hydrogen-bond donors (Lipinski definition) is 0. The minimum absolute atomic E-state index is 0.223. The molecule has 0 aromatic heterocycles. The number of amides is 1. The van der Waals surface area contributed by atoms with Crippen molar-refractivity contribution in [1.29, 1.82) is 0 Å². The summed E-state index contributed by atoms with van der Waals surface area (Å²) in [6.45, 7) is 8.99. The van der Waals surface area contributed by atoms with Crippen LogP contribution < -0.4 is 0 Å². The average molecular weight is 254 g/mol. The van der Waals surface area contributed by atoms with Gasteiger partial charge in [-0.3, -0.25) is 0 Å². The van der Waals surface area contributed by atoms with E-state index in [-0.39, 0.29) is 11.8 Å². The van der Waals surface area contributed by atoms with Gasteiger partial charge in [0.15, 0.2) is 6.23 Å². The topological polar surface area (TPSA) is 42.0 Å². The van der Waals surface area contributed by atoms with Crippen LogP contribution in [0.5, 0.6) is 0 Å². The summed E-state index contributed by atoms with van der Waals surface area (Å²) < 4.78 is 10.7. The smallest absolute Gasteiger partial charge is 0.426 e. The summed E-state index contributed by atoms with van der Waals surface area (Å²) in [5, 5.41) is 3.35. The maximum Gasteiger partial charge on any atom is 0.426 e. The van der Waals surface area contributed by atoms with Crippen molar-refractivity contribution in [3.63, 3.8) is 0 Å². The third kappa shape index (κ3) is 2.95. The fourth-order valence-corrected chi connectivity index (χ4v) is 2.17. The number of rotatable bonds is 4. The van der Waals surface area contributed by atoms with Crippen molar-refractivity contribution in [2.24, 2.45) is 0 Å². The molecular weight excluding hydrogens is 232 g/mol. The van der Waals surface area contributed by atoms with Crippen molar-refractivity contribution in [2.45, 2.75) is 45.9 Å². The van der Waals surface area contributed by atoms with Gasteiger partial charge in [-0.25, -0.2) is 9.80 Å². The van der Waals surface area contributed by atoms with Crippen molar-refractivity contribution >= 4 is 6.09 Å². The molecule has 1 aliphatic heterocycles. The van der Waals surface area contributed by atoms with Crippen molar-refractivity contribution in [3.05, 3.63) is 0 Å². The Bertz CT molecular complexity index is 336. The quantitative estimate of drug-likeness (QED) is 0.718. The van der Waals surface area contributed by atoms with Gasteiger partial charge < -0.3 is 9.47 Å². The number of carbonyl (C=O) groups is 1. The molecule has 18 heavy (non-hydrogen) atoms. The lowest BCUT2D eigenvalue weighted by molar-refractivity contribution is -0.105. The van der Waals surface area contributed by atoms with Crippen LogP contribution in [0, 0.1) is 12.3 Å².